The molecule has 0 aliphatic carbocycles. The van der Waals surface area contributed by atoms with Gasteiger partial charge in [-0.05, 0) is 0 Å². The predicted molar refractivity (Wildman–Crippen MR) is 46.9 cm³/mol. The topological polar surface area (TPSA) is 70.8 Å². The molecule has 1 heterocycles. The Morgan fingerprint density at radius 1 is 1.50 bits per heavy atom. The van der Waals surface area contributed by atoms with Crippen molar-refractivity contribution in [3.8, 4) is 6.07 Å². The molecule has 0 saturated carbocycles. The van der Waals surface area contributed by atoms with Gasteiger partial charge in [0.15, 0.2) is 0 Å². The molecule has 0 aromatic carbocycles. The monoisotopic (exact) mass is 270 g/mol. The van der Waals surface area contributed by atoms with Gasteiger partial charge in [0.05, 0.1) is 17.3 Å². The van der Waals surface area contributed by atoms with E-state index < -0.39 is 37.4 Å². The fourth-order valence-electron chi connectivity index (χ4n) is 0.985. The SMILES string of the molecule is N#Cc1c(S(=O)(=O)Cl)cnc(F)c1C(F)F. The summed E-state index contributed by atoms with van der Waals surface area (Å²) in [6, 6.07) is 1.17. The van der Waals surface area contributed by atoms with Crippen LogP contribution in [0.2, 0.25) is 0 Å². The van der Waals surface area contributed by atoms with Crippen molar-refractivity contribution in [3.63, 3.8) is 0 Å². The van der Waals surface area contributed by atoms with Gasteiger partial charge in [0.25, 0.3) is 15.5 Å². The van der Waals surface area contributed by atoms with E-state index in [-0.39, 0.29) is 0 Å². The van der Waals surface area contributed by atoms with Gasteiger partial charge in [-0.15, -0.1) is 0 Å². The standard InChI is InChI=1S/C7H2ClF3N2O2S/c8-16(14,15)4-2-13-7(11)5(6(9)10)3(4)1-12/h2,6H. The molecule has 0 atom stereocenters. The lowest BCUT2D eigenvalue weighted by atomic mass is 10.1. The highest BCUT2D eigenvalue weighted by Gasteiger charge is 2.27. The number of rotatable bonds is 2. The maximum absolute atomic E-state index is 12.9. The van der Waals surface area contributed by atoms with E-state index in [0.29, 0.717) is 6.20 Å². The third-order valence-corrected chi connectivity index (χ3v) is 2.96. The summed E-state index contributed by atoms with van der Waals surface area (Å²) in [6.45, 7) is 0. The zero-order valence-electron chi connectivity index (χ0n) is 7.29. The average molecular weight is 271 g/mol. The van der Waals surface area contributed by atoms with E-state index in [1.54, 1.807) is 0 Å². The zero-order chi connectivity index (χ0) is 12.5. The third kappa shape index (κ3) is 2.25. The van der Waals surface area contributed by atoms with E-state index >= 15 is 0 Å². The molecule has 1 rings (SSSR count). The van der Waals surface area contributed by atoms with Crippen LogP contribution in [0.15, 0.2) is 11.1 Å². The van der Waals surface area contributed by atoms with Crippen LogP contribution < -0.4 is 0 Å². The van der Waals surface area contributed by atoms with E-state index in [4.69, 9.17) is 15.9 Å². The molecule has 1 aromatic heterocycles. The van der Waals surface area contributed by atoms with Crippen molar-refractivity contribution in [2.75, 3.05) is 0 Å². The van der Waals surface area contributed by atoms with Crippen LogP contribution in [-0.4, -0.2) is 13.4 Å². The highest BCUT2D eigenvalue weighted by Crippen LogP contribution is 2.29. The molecule has 86 valence electrons. The number of aromatic nitrogens is 1. The second kappa shape index (κ2) is 4.27. The van der Waals surface area contributed by atoms with Gasteiger partial charge >= 0.3 is 0 Å². The van der Waals surface area contributed by atoms with E-state index in [2.05, 4.69) is 4.98 Å². The molecule has 0 spiro atoms. The summed E-state index contributed by atoms with van der Waals surface area (Å²) in [5.41, 5.74) is -2.40. The Balaban J connectivity index is 3.72. The summed E-state index contributed by atoms with van der Waals surface area (Å²) in [4.78, 5) is 1.88. The summed E-state index contributed by atoms with van der Waals surface area (Å²) in [5, 5.41) is 8.54. The molecular weight excluding hydrogens is 269 g/mol. The number of hydrogen-bond acceptors (Lipinski definition) is 4. The smallest absolute Gasteiger partial charge is 0.226 e. The molecule has 4 nitrogen and oxygen atoms in total. The van der Waals surface area contributed by atoms with E-state index in [9.17, 15) is 21.6 Å². The quantitative estimate of drug-likeness (QED) is 0.608. The van der Waals surface area contributed by atoms with Crippen molar-refractivity contribution >= 4 is 19.7 Å². The summed E-state index contributed by atoms with van der Waals surface area (Å²) < 4.78 is 59.4. The molecule has 0 fully saturated rings. The molecule has 0 unspecified atom stereocenters. The summed E-state index contributed by atoms with van der Waals surface area (Å²) in [5.74, 6) is -1.60. The van der Waals surface area contributed by atoms with Gasteiger partial charge < -0.3 is 0 Å². The first-order valence-electron chi connectivity index (χ1n) is 3.60. The van der Waals surface area contributed by atoms with Crippen molar-refractivity contribution in [1.82, 2.24) is 4.98 Å². The molecule has 9 heteroatoms. The van der Waals surface area contributed by atoms with E-state index in [0.717, 1.165) is 0 Å². The van der Waals surface area contributed by atoms with Crippen molar-refractivity contribution in [1.29, 1.82) is 5.26 Å². The number of hydrogen-bond donors (Lipinski definition) is 0. The normalized spacial score (nSPS) is 11.5. The maximum atomic E-state index is 12.9. The lowest BCUT2D eigenvalue weighted by Crippen LogP contribution is -2.05. The summed E-state index contributed by atoms with van der Waals surface area (Å²) in [6.07, 6.45) is -2.94. The highest BCUT2D eigenvalue weighted by atomic mass is 35.7. The van der Waals surface area contributed by atoms with E-state index in [1.165, 1.54) is 6.07 Å². The minimum absolute atomic E-state index is 0.419. The van der Waals surface area contributed by atoms with Crippen LogP contribution in [0.5, 0.6) is 0 Å². The minimum Gasteiger partial charge on any atom is -0.226 e. The summed E-state index contributed by atoms with van der Waals surface area (Å²) >= 11 is 0. The van der Waals surface area contributed by atoms with Gasteiger partial charge in [0.1, 0.15) is 11.0 Å². The molecule has 0 N–H and O–H groups in total. The van der Waals surface area contributed by atoms with Crippen molar-refractivity contribution in [2.45, 2.75) is 11.3 Å². The fraction of sp³-hybridized carbons (Fsp3) is 0.143. The lowest BCUT2D eigenvalue weighted by molar-refractivity contribution is 0.144. The predicted octanol–water partition coefficient (Wildman–Crippen LogP) is 1.96. The minimum atomic E-state index is -4.43. The zero-order valence-corrected chi connectivity index (χ0v) is 8.86. The van der Waals surface area contributed by atoms with Gasteiger partial charge in [-0.3, -0.25) is 0 Å². The van der Waals surface area contributed by atoms with Crippen LogP contribution in [0, 0.1) is 17.3 Å². The average Bonchev–Trinajstić information content (AvgIpc) is 2.14. The van der Waals surface area contributed by atoms with Crippen molar-refractivity contribution in [3.05, 3.63) is 23.3 Å². The molecular formula is C7H2ClF3N2O2S. The Labute approximate surface area is 92.7 Å². The molecule has 0 radical (unpaired) electrons. The lowest BCUT2D eigenvalue weighted by Gasteiger charge is -2.06. The van der Waals surface area contributed by atoms with Crippen LogP contribution in [0.1, 0.15) is 17.6 Å². The molecule has 0 bridgehead atoms. The molecule has 0 saturated heterocycles. The van der Waals surface area contributed by atoms with Gasteiger partial charge in [-0.25, -0.2) is 22.2 Å². The van der Waals surface area contributed by atoms with Crippen LogP contribution in [0.25, 0.3) is 0 Å². The largest absolute Gasteiger partial charge is 0.269 e. The van der Waals surface area contributed by atoms with Gasteiger partial charge in [-0.2, -0.15) is 9.65 Å². The van der Waals surface area contributed by atoms with Crippen LogP contribution >= 0.6 is 10.7 Å². The molecule has 16 heavy (non-hydrogen) atoms. The van der Waals surface area contributed by atoms with Gasteiger partial charge in [0.2, 0.25) is 5.95 Å². The first-order valence-corrected chi connectivity index (χ1v) is 5.91. The van der Waals surface area contributed by atoms with Crippen LogP contribution in [0.4, 0.5) is 13.2 Å². The Kier molecular flexibility index (Phi) is 3.40. The van der Waals surface area contributed by atoms with Crippen LogP contribution in [-0.2, 0) is 9.05 Å². The first kappa shape index (κ1) is 12.7. The molecule has 0 amide bonds. The Morgan fingerprint density at radius 2 is 2.06 bits per heavy atom. The van der Waals surface area contributed by atoms with Gasteiger partial charge in [-0.1, -0.05) is 0 Å². The van der Waals surface area contributed by atoms with Crippen molar-refractivity contribution in [2.24, 2.45) is 0 Å². The Morgan fingerprint density at radius 3 is 2.44 bits per heavy atom. The van der Waals surface area contributed by atoms with Crippen LogP contribution in [0.3, 0.4) is 0 Å². The van der Waals surface area contributed by atoms with E-state index in [1.807, 2.05) is 0 Å². The number of alkyl halides is 2. The highest BCUT2D eigenvalue weighted by molar-refractivity contribution is 8.13. The third-order valence-electron chi connectivity index (χ3n) is 1.63. The molecule has 0 aliphatic rings. The summed E-state index contributed by atoms with van der Waals surface area (Å²) in [7, 11) is 0.454. The Bertz CT molecular complexity index is 568. The van der Waals surface area contributed by atoms with Crippen molar-refractivity contribution < 1.29 is 21.6 Å². The fourth-order valence-corrected chi connectivity index (χ4v) is 1.91. The first-order chi connectivity index (χ1) is 7.29. The number of halogens is 4. The molecule has 1 aromatic rings. The number of pyridine rings is 1. The maximum Gasteiger partial charge on any atom is 0.269 e. The Hall–Kier alpha value is -1.33. The number of nitriles is 1. The second-order valence-electron chi connectivity index (χ2n) is 2.55. The van der Waals surface area contributed by atoms with Gasteiger partial charge in [0, 0.05) is 10.7 Å². The second-order valence-corrected chi connectivity index (χ2v) is 5.09. The number of nitrogens with zero attached hydrogens (tertiary/aromatic N) is 2. The molecule has 0 aliphatic heterocycles.